The largest absolute Gasteiger partial charge is 0.466 e. The number of hydrogen-bond acceptors (Lipinski definition) is 4. The Morgan fingerprint density at radius 1 is 0.950 bits per heavy atom. The Morgan fingerprint density at radius 3 is 2.35 bits per heavy atom. The number of esters is 2. The molecule has 4 heteroatoms. The van der Waals surface area contributed by atoms with Crippen molar-refractivity contribution >= 4 is 11.9 Å². The fraction of sp³-hybridized carbons (Fsp3) is 0.875. The molecule has 0 N–H and O–H groups in total. The van der Waals surface area contributed by atoms with E-state index >= 15 is 0 Å². The lowest BCUT2D eigenvalue weighted by molar-refractivity contribution is -0.154. The molecule has 0 spiro atoms. The molecule has 0 unspecified atom stereocenters. The molecule has 1 rings (SSSR count). The maximum absolute atomic E-state index is 11.6. The molecule has 0 bridgehead atoms. The van der Waals surface area contributed by atoms with Crippen LogP contribution in [0.4, 0.5) is 0 Å². The van der Waals surface area contributed by atoms with Crippen LogP contribution in [-0.2, 0) is 19.1 Å². The summed E-state index contributed by atoms with van der Waals surface area (Å²) in [5.41, 5.74) is 0. The van der Waals surface area contributed by atoms with E-state index in [4.69, 9.17) is 9.47 Å². The highest BCUT2D eigenvalue weighted by Gasteiger charge is 2.18. The molecule has 0 heterocycles. The van der Waals surface area contributed by atoms with Gasteiger partial charge in [0.2, 0.25) is 0 Å². The first kappa shape index (κ1) is 17.0. The molecule has 1 saturated carbocycles. The molecule has 20 heavy (non-hydrogen) atoms. The van der Waals surface area contributed by atoms with Gasteiger partial charge in [-0.25, -0.2) is 0 Å². The van der Waals surface area contributed by atoms with Gasteiger partial charge in [0.05, 0.1) is 19.4 Å². The first-order chi connectivity index (χ1) is 9.72. The van der Waals surface area contributed by atoms with Crippen molar-refractivity contribution in [3.63, 3.8) is 0 Å². The van der Waals surface area contributed by atoms with E-state index in [2.05, 4.69) is 6.92 Å². The van der Waals surface area contributed by atoms with E-state index < -0.39 is 0 Å². The van der Waals surface area contributed by atoms with Gasteiger partial charge in [-0.05, 0) is 32.1 Å². The summed E-state index contributed by atoms with van der Waals surface area (Å²) in [5.74, 6) is -0.554. The molecule has 0 aliphatic heterocycles. The lowest BCUT2D eigenvalue weighted by Crippen LogP contribution is -2.21. The first-order valence-electron chi connectivity index (χ1n) is 8.07. The molecule has 1 fully saturated rings. The maximum atomic E-state index is 11.6. The molecule has 0 aromatic carbocycles. The fourth-order valence-electron chi connectivity index (χ4n) is 2.42. The van der Waals surface area contributed by atoms with Crippen molar-refractivity contribution in [3.8, 4) is 0 Å². The molecule has 0 aromatic rings. The maximum Gasteiger partial charge on any atom is 0.306 e. The Balaban J connectivity index is 2.00. The SMILES string of the molecule is CCCCCCOC(=O)CCC(=O)OC1CCCCC1. The van der Waals surface area contributed by atoms with Crippen LogP contribution in [0.2, 0.25) is 0 Å². The van der Waals surface area contributed by atoms with Crippen LogP contribution in [0.5, 0.6) is 0 Å². The molecular weight excluding hydrogens is 256 g/mol. The molecule has 0 amide bonds. The number of unbranched alkanes of at least 4 members (excludes halogenated alkanes) is 3. The molecule has 116 valence electrons. The van der Waals surface area contributed by atoms with Gasteiger partial charge in [-0.1, -0.05) is 32.6 Å². The Kier molecular flexibility index (Phi) is 9.09. The molecule has 1 aliphatic carbocycles. The van der Waals surface area contributed by atoms with E-state index in [0.717, 1.165) is 38.5 Å². The average molecular weight is 284 g/mol. The van der Waals surface area contributed by atoms with E-state index in [1.165, 1.54) is 19.3 Å². The van der Waals surface area contributed by atoms with Crippen molar-refractivity contribution in [1.82, 2.24) is 0 Å². The van der Waals surface area contributed by atoms with Crippen molar-refractivity contribution in [2.75, 3.05) is 6.61 Å². The van der Waals surface area contributed by atoms with Crippen molar-refractivity contribution in [2.45, 2.75) is 83.7 Å². The van der Waals surface area contributed by atoms with Crippen LogP contribution in [0.1, 0.15) is 77.6 Å². The third-order valence-corrected chi connectivity index (χ3v) is 3.64. The Morgan fingerprint density at radius 2 is 1.65 bits per heavy atom. The summed E-state index contributed by atoms with van der Waals surface area (Å²) in [6.45, 7) is 2.61. The van der Waals surface area contributed by atoms with Crippen LogP contribution in [-0.4, -0.2) is 24.6 Å². The van der Waals surface area contributed by atoms with Crippen LogP contribution in [0.25, 0.3) is 0 Å². The normalized spacial score (nSPS) is 15.8. The highest BCUT2D eigenvalue weighted by molar-refractivity contribution is 5.77. The van der Waals surface area contributed by atoms with Crippen molar-refractivity contribution in [1.29, 1.82) is 0 Å². The number of carbonyl (C=O) groups excluding carboxylic acids is 2. The van der Waals surface area contributed by atoms with Crippen LogP contribution in [0.15, 0.2) is 0 Å². The molecule has 1 aliphatic rings. The average Bonchev–Trinajstić information content (AvgIpc) is 2.46. The molecule has 0 aromatic heterocycles. The summed E-state index contributed by atoms with van der Waals surface area (Å²) >= 11 is 0. The van der Waals surface area contributed by atoms with Gasteiger partial charge in [0, 0.05) is 0 Å². The lowest BCUT2D eigenvalue weighted by Gasteiger charge is -2.21. The standard InChI is InChI=1S/C16H28O4/c1-2-3-4-8-13-19-15(17)11-12-16(18)20-14-9-6-5-7-10-14/h14H,2-13H2,1H3. The molecular formula is C16H28O4. The number of rotatable bonds is 9. The van der Waals surface area contributed by atoms with Crippen molar-refractivity contribution in [3.05, 3.63) is 0 Å². The predicted molar refractivity (Wildman–Crippen MR) is 77.3 cm³/mol. The van der Waals surface area contributed by atoms with Gasteiger partial charge >= 0.3 is 11.9 Å². The minimum Gasteiger partial charge on any atom is -0.466 e. The lowest BCUT2D eigenvalue weighted by atomic mass is 9.98. The van der Waals surface area contributed by atoms with Crippen molar-refractivity contribution in [2.24, 2.45) is 0 Å². The third-order valence-electron chi connectivity index (χ3n) is 3.64. The highest BCUT2D eigenvalue weighted by Crippen LogP contribution is 2.20. The molecule has 0 saturated heterocycles. The summed E-state index contributed by atoms with van der Waals surface area (Å²) in [4.78, 5) is 23.0. The van der Waals surface area contributed by atoms with Gasteiger partial charge in [0.15, 0.2) is 0 Å². The smallest absolute Gasteiger partial charge is 0.306 e. The van der Waals surface area contributed by atoms with Gasteiger partial charge in [0.25, 0.3) is 0 Å². The monoisotopic (exact) mass is 284 g/mol. The third kappa shape index (κ3) is 8.18. The van der Waals surface area contributed by atoms with Gasteiger partial charge in [-0.2, -0.15) is 0 Å². The van der Waals surface area contributed by atoms with Crippen LogP contribution in [0.3, 0.4) is 0 Å². The summed E-state index contributed by atoms with van der Waals surface area (Å²) in [5, 5.41) is 0. The number of hydrogen-bond donors (Lipinski definition) is 0. The van der Waals surface area contributed by atoms with Gasteiger partial charge < -0.3 is 9.47 Å². The Labute approximate surface area is 122 Å². The van der Waals surface area contributed by atoms with Gasteiger partial charge in [0.1, 0.15) is 6.10 Å². The summed E-state index contributed by atoms with van der Waals surface area (Å²) in [6, 6.07) is 0. The van der Waals surface area contributed by atoms with E-state index in [-0.39, 0.29) is 30.9 Å². The van der Waals surface area contributed by atoms with Crippen molar-refractivity contribution < 1.29 is 19.1 Å². The summed E-state index contributed by atoms with van der Waals surface area (Å²) in [7, 11) is 0. The minimum atomic E-state index is -0.290. The highest BCUT2D eigenvalue weighted by atomic mass is 16.5. The van der Waals surface area contributed by atoms with Crippen LogP contribution >= 0.6 is 0 Å². The molecule has 4 nitrogen and oxygen atoms in total. The van der Waals surface area contributed by atoms with Crippen LogP contribution in [0, 0.1) is 0 Å². The second-order valence-corrected chi connectivity index (χ2v) is 5.53. The summed E-state index contributed by atoms with van der Waals surface area (Å²) in [6.07, 6.45) is 10.1. The zero-order valence-corrected chi connectivity index (χ0v) is 12.7. The van der Waals surface area contributed by atoms with E-state index in [1.807, 2.05) is 0 Å². The zero-order valence-electron chi connectivity index (χ0n) is 12.7. The molecule has 0 radical (unpaired) electrons. The number of carbonyl (C=O) groups is 2. The topological polar surface area (TPSA) is 52.6 Å². The molecule has 0 atom stereocenters. The fourth-order valence-corrected chi connectivity index (χ4v) is 2.42. The van der Waals surface area contributed by atoms with E-state index in [9.17, 15) is 9.59 Å². The van der Waals surface area contributed by atoms with Gasteiger partial charge in [-0.3, -0.25) is 9.59 Å². The Hall–Kier alpha value is -1.06. The predicted octanol–water partition coefficient (Wildman–Crippen LogP) is 3.77. The number of ether oxygens (including phenoxy) is 2. The van der Waals surface area contributed by atoms with Gasteiger partial charge in [-0.15, -0.1) is 0 Å². The zero-order chi connectivity index (χ0) is 14.6. The van der Waals surface area contributed by atoms with E-state index in [0.29, 0.717) is 6.61 Å². The second kappa shape index (κ2) is 10.7. The van der Waals surface area contributed by atoms with E-state index in [1.54, 1.807) is 0 Å². The minimum absolute atomic E-state index is 0.0707. The quantitative estimate of drug-likeness (QED) is 0.478. The Bertz CT molecular complexity index is 282. The first-order valence-corrected chi connectivity index (χ1v) is 8.07. The summed E-state index contributed by atoms with van der Waals surface area (Å²) < 4.78 is 10.4. The van der Waals surface area contributed by atoms with Crippen LogP contribution < -0.4 is 0 Å². The second-order valence-electron chi connectivity index (χ2n) is 5.53.